The van der Waals surface area contributed by atoms with E-state index in [1.54, 1.807) is 0 Å². The first-order valence-corrected chi connectivity index (χ1v) is 5.47. The molecule has 104 valence electrons. The van der Waals surface area contributed by atoms with E-state index in [2.05, 4.69) is 15.3 Å². The first-order valence-electron chi connectivity index (χ1n) is 5.47. The second kappa shape index (κ2) is 4.88. The molecule has 0 fully saturated rings. The maximum Gasteiger partial charge on any atom is 0.347 e. The summed E-state index contributed by atoms with van der Waals surface area (Å²) in [6.45, 7) is 0. The van der Waals surface area contributed by atoms with E-state index in [0.29, 0.717) is 10.9 Å². The predicted molar refractivity (Wildman–Crippen MR) is 71.3 cm³/mol. The molecule has 7 N–H and O–H groups in total. The Bertz CT molecular complexity index is 767. The summed E-state index contributed by atoms with van der Waals surface area (Å²) in [5.74, 6) is -1.02. The highest BCUT2D eigenvalue weighted by atomic mass is 16.4. The van der Waals surface area contributed by atoms with Crippen molar-refractivity contribution in [2.75, 3.05) is 11.1 Å². The van der Waals surface area contributed by atoms with Crippen molar-refractivity contribution >= 4 is 34.4 Å². The lowest BCUT2D eigenvalue weighted by atomic mass is 10.1. The van der Waals surface area contributed by atoms with E-state index >= 15 is 0 Å². The molecule has 0 saturated heterocycles. The van der Waals surface area contributed by atoms with Gasteiger partial charge in [0.15, 0.2) is 0 Å². The first-order chi connectivity index (χ1) is 9.36. The van der Waals surface area contributed by atoms with Crippen LogP contribution in [0.2, 0.25) is 0 Å². The van der Waals surface area contributed by atoms with E-state index in [4.69, 9.17) is 16.6 Å². The number of carbonyl (C=O) groups is 2. The number of fused-ring (bicyclic) bond motifs is 1. The monoisotopic (exact) mass is 277 g/mol. The summed E-state index contributed by atoms with van der Waals surface area (Å²) in [6.07, 6.45) is -0.343. The third kappa shape index (κ3) is 2.66. The molecule has 0 aliphatic rings. The van der Waals surface area contributed by atoms with Gasteiger partial charge in [0.05, 0.1) is 11.9 Å². The van der Waals surface area contributed by atoms with E-state index in [9.17, 15) is 14.4 Å². The highest BCUT2D eigenvalue weighted by Gasteiger charge is 2.13. The lowest BCUT2D eigenvalue weighted by Crippen LogP contribution is -2.21. The molecule has 1 aromatic carbocycles. The Morgan fingerprint density at radius 2 is 2.10 bits per heavy atom. The van der Waals surface area contributed by atoms with Crippen LogP contribution in [-0.4, -0.2) is 27.1 Å². The third-order valence-corrected chi connectivity index (χ3v) is 2.57. The van der Waals surface area contributed by atoms with Crippen molar-refractivity contribution in [3.8, 4) is 0 Å². The molecule has 0 aliphatic heterocycles. The SMILES string of the molecule is NC(=O)Nc1cc2nc(=O)[nH]c(N)c2cc1CC(=O)O. The second-order valence-electron chi connectivity index (χ2n) is 4.04. The summed E-state index contributed by atoms with van der Waals surface area (Å²) in [5.41, 5.74) is 10.7. The van der Waals surface area contributed by atoms with Gasteiger partial charge in [-0.2, -0.15) is 4.98 Å². The van der Waals surface area contributed by atoms with Crippen LogP contribution in [0.15, 0.2) is 16.9 Å². The number of nitrogens with one attached hydrogen (secondary N) is 2. The van der Waals surface area contributed by atoms with Gasteiger partial charge in [-0.15, -0.1) is 0 Å². The molecule has 0 bridgehead atoms. The number of urea groups is 1. The average molecular weight is 277 g/mol. The van der Waals surface area contributed by atoms with Crippen LogP contribution in [0.5, 0.6) is 0 Å². The summed E-state index contributed by atoms with van der Waals surface area (Å²) in [6, 6.07) is 1.94. The summed E-state index contributed by atoms with van der Waals surface area (Å²) in [5, 5.41) is 11.5. The summed E-state index contributed by atoms with van der Waals surface area (Å²) < 4.78 is 0. The van der Waals surface area contributed by atoms with Gasteiger partial charge in [-0.3, -0.25) is 9.78 Å². The number of nitrogen functional groups attached to an aromatic ring is 1. The molecular weight excluding hydrogens is 266 g/mol. The standard InChI is InChI=1S/C11H11N5O4/c12-9-5-1-4(2-8(17)18)6(14-10(13)19)3-7(5)15-11(20)16-9/h1,3H,2H2,(H,17,18)(H3,13,14,19)(H3,12,15,16,20). The zero-order chi connectivity index (χ0) is 14.9. The fourth-order valence-electron chi connectivity index (χ4n) is 1.82. The number of benzene rings is 1. The number of nitrogens with two attached hydrogens (primary N) is 2. The molecule has 0 atom stereocenters. The molecule has 0 radical (unpaired) electrons. The van der Waals surface area contributed by atoms with Gasteiger partial charge in [-0.1, -0.05) is 0 Å². The highest BCUT2D eigenvalue weighted by molar-refractivity contribution is 5.96. The van der Waals surface area contributed by atoms with E-state index in [1.807, 2.05) is 0 Å². The number of carboxylic acid groups (broad SMARTS) is 1. The number of hydrogen-bond acceptors (Lipinski definition) is 5. The lowest BCUT2D eigenvalue weighted by molar-refractivity contribution is -0.136. The minimum atomic E-state index is -1.09. The summed E-state index contributed by atoms with van der Waals surface area (Å²) in [7, 11) is 0. The van der Waals surface area contributed by atoms with Gasteiger partial charge in [0.25, 0.3) is 0 Å². The maximum atomic E-state index is 11.2. The maximum absolute atomic E-state index is 11.2. The highest BCUT2D eigenvalue weighted by Crippen LogP contribution is 2.25. The van der Waals surface area contributed by atoms with Crippen LogP contribution in [0.25, 0.3) is 10.9 Å². The van der Waals surface area contributed by atoms with E-state index < -0.39 is 17.7 Å². The number of hydrogen-bond donors (Lipinski definition) is 5. The number of anilines is 2. The van der Waals surface area contributed by atoms with Crippen molar-refractivity contribution in [3.05, 3.63) is 28.2 Å². The molecule has 0 saturated carbocycles. The Balaban J connectivity index is 2.70. The molecule has 1 aromatic heterocycles. The van der Waals surface area contributed by atoms with Crippen molar-refractivity contribution in [1.29, 1.82) is 0 Å². The van der Waals surface area contributed by atoms with Gasteiger partial charge >= 0.3 is 17.7 Å². The Morgan fingerprint density at radius 1 is 1.40 bits per heavy atom. The van der Waals surface area contributed by atoms with Gasteiger partial charge < -0.3 is 21.9 Å². The van der Waals surface area contributed by atoms with Crippen LogP contribution in [0, 0.1) is 0 Å². The molecule has 20 heavy (non-hydrogen) atoms. The number of aromatic nitrogens is 2. The van der Waals surface area contributed by atoms with Crippen LogP contribution in [0.3, 0.4) is 0 Å². The van der Waals surface area contributed by atoms with Crippen LogP contribution < -0.4 is 22.5 Å². The lowest BCUT2D eigenvalue weighted by Gasteiger charge is -2.10. The molecule has 9 nitrogen and oxygen atoms in total. The number of aliphatic carboxylic acids is 1. The average Bonchev–Trinajstić information content (AvgIpc) is 2.29. The number of carbonyl (C=O) groups excluding carboxylic acids is 1. The van der Waals surface area contributed by atoms with Crippen molar-refractivity contribution in [2.45, 2.75) is 6.42 Å². The van der Waals surface area contributed by atoms with Crippen molar-refractivity contribution in [1.82, 2.24) is 9.97 Å². The molecule has 9 heteroatoms. The number of carboxylic acids is 1. The number of primary amides is 1. The van der Waals surface area contributed by atoms with Crippen molar-refractivity contribution in [3.63, 3.8) is 0 Å². The van der Waals surface area contributed by atoms with Gasteiger partial charge in [0, 0.05) is 11.1 Å². The van der Waals surface area contributed by atoms with Crippen LogP contribution >= 0.6 is 0 Å². The summed E-state index contributed by atoms with van der Waals surface area (Å²) >= 11 is 0. The minimum Gasteiger partial charge on any atom is -0.481 e. The van der Waals surface area contributed by atoms with E-state index in [1.165, 1.54) is 12.1 Å². The van der Waals surface area contributed by atoms with Gasteiger partial charge in [-0.25, -0.2) is 9.59 Å². The normalized spacial score (nSPS) is 10.4. The molecule has 1 heterocycles. The summed E-state index contributed by atoms with van der Waals surface area (Å²) in [4.78, 5) is 39.0. The van der Waals surface area contributed by atoms with Crippen LogP contribution in [0.4, 0.5) is 16.3 Å². The number of amides is 2. The Morgan fingerprint density at radius 3 is 2.70 bits per heavy atom. The molecule has 0 aliphatic carbocycles. The van der Waals surface area contributed by atoms with Gasteiger partial charge in [0.1, 0.15) is 5.82 Å². The topological polar surface area (TPSA) is 164 Å². The second-order valence-corrected chi connectivity index (χ2v) is 4.04. The quantitative estimate of drug-likeness (QED) is 0.513. The number of nitrogens with zero attached hydrogens (tertiary/aromatic N) is 1. The molecular formula is C11H11N5O4. The molecule has 0 unspecified atom stereocenters. The van der Waals surface area contributed by atoms with E-state index in [-0.39, 0.29) is 23.4 Å². The Kier molecular flexibility index (Phi) is 3.25. The number of aromatic amines is 1. The Labute approximate surface area is 111 Å². The Hall–Kier alpha value is -3.10. The zero-order valence-corrected chi connectivity index (χ0v) is 10.1. The van der Waals surface area contributed by atoms with Crippen molar-refractivity contribution < 1.29 is 14.7 Å². The molecule has 2 rings (SSSR count). The number of rotatable bonds is 3. The molecule has 2 aromatic rings. The van der Waals surface area contributed by atoms with Gasteiger partial charge in [0.2, 0.25) is 0 Å². The molecule has 2 amide bonds. The smallest absolute Gasteiger partial charge is 0.347 e. The molecule has 0 spiro atoms. The van der Waals surface area contributed by atoms with E-state index in [0.717, 1.165) is 0 Å². The van der Waals surface area contributed by atoms with Gasteiger partial charge in [-0.05, 0) is 17.7 Å². The predicted octanol–water partition coefficient (Wildman–Crippen LogP) is -0.377. The third-order valence-electron chi connectivity index (χ3n) is 2.57. The zero-order valence-electron chi connectivity index (χ0n) is 10.1. The van der Waals surface area contributed by atoms with Crippen LogP contribution in [0.1, 0.15) is 5.56 Å². The minimum absolute atomic E-state index is 0.0669. The first kappa shape index (κ1) is 13.3. The van der Waals surface area contributed by atoms with Crippen molar-refractivity contribution in [2.24, 2.45) is 5.73 Å². The fraction of sp³-hybridized carbons (Fsp3) is 0.0909. The van der Waals surface area contributed by atoms with Crippen LogP contribution in [-0.2, 0) is 11.2 Å². The largest absolute Gasteiger partial charge is 0.481 e. The number of H-pyrrole nitrogens is 1. The fourth-order valence-corrected chi connectivity index (χ4v) is 1.82.